The molecule has 0 spiro atoms. The molecule has 20 heavy (non-hydrogen) atoms. The minimum absolute atomic E-state index is 0.151. The molecular weight excluding hydrogens is 254 g/mol. The van der Waals surface area contributed by atoms with E-state index in [2.05, 4.69) is 5.32 Å². The van der Waals surface area contributed by atoms with Crippen LogP contribution in [-0.2, 0) is 16.1 Å². The van der Waals surface area contributed by atoms with Crippen molar-refractivity contribution in [2.24, 2.45) is 5.92 Å². The molecule has 0 radical (unpaired) electrons. The summed E-state index contributed by atoms with van der Waals surface area (Å²) in [7, 11) is 0. The number of rotatable bonds is 5. The van der Waals surface area contributed by atoms with Crippen LogP contribution in [0.5, 0.6) is 0 Å². The number of fused-ring (bicyclic) bond motifs is 1. The van der Waals surface area contributed by atoms with Gasteiger partial charge in [0.15, 0.2) is 0 Å². The molecule has 2 aromatic rings. The molecule has 1 unspecified atom stereocenters. The number of amides is 1. The van der Waals surface area contributed by atoms with Crippen LogP contribution in [-0.4, -0.2) is 17.0 Å². The topological polar surface area (TPSA) is 66.4 Å². The van der Waals surface area contributed by atoms with Gasteiger partial charge < -0.3 is 10.4 Å². The van der Waals surface area contributed by atoms with Crippen molar-refractivity contribution < 1.29 is 14.7 Å². The SMILES string of the molecule is CC(CC(=O)O)C(=O)NCc1cccc2ccccc12. The molecule has 2 rings (SSSR count). The van der Waals surface area contributed by atoms with Crippen molar-refractivity contribution in [1.29, 1.82) is 0 Å². The van der Waals surface area contributed by atoms with Crippen LogP contribution in [0.15, 0.2) is 42.5 Å². The van der Waals surface area contributed by atoms with Crippen molar-refractivity contribution in [3.63, 3.8) is 0 Å². The Balaban J connectivity index is 2.06. The first kappa shape index (κ1) is 14.1. The number of benzene rings is 2. The van der Waals surface area contributed by atoms with Crippen LogP contribution in [0.2, 0.25) is 0 Å². The average Bonchev–Trinajstić information content (AvgIpc) is 2.44. The van der Waals surface area contributed by atoms with Gasteiger partial charge in [-0.2, -0.15) is 0 Å². The van der Waals surface area contributed by atoms with Gasteiger partial charge in [-0.15, -0.1) is 0 Å². The number of carbonyl (C=O) groups excluding carboxylic acids is 1. The van der Waals surface area contributed by atoms with Gasteiger partial charge in [0.1, 0.15) is 0 Å². The fourth-order valence-electron chi connectivity index (χ4n) is 2.16. The number of carboxylic acids is 1. The van der Waals surface area contributed by atoms with E-state index in [1.807, 2.05) is 42.5 Å². The Kier molecular flexibility index (Phi) is 4.35. The van der Waals surface area contributed by atoms with Crippen LogP contribution < -0.4 is 5.32 Å². The summed E-state index contributed by atoms with van der Waals surface area (Å²) in [6.07, 6.45) is -0.151. The second-order valence-corrected chi connectivity index (χ2v) is 4.85. The summed E-state index contributed by atoms with van der Waals surface area (Å²) in [6, 6.07) is 13.9. The third-order valence-corrected chi connectivity index (χ3v) is 3.26. The molecule has 0 aliphatic heterocycles. The van der Waals surface area contributed by atoms with E-state index in [1.54, 1.807) is 6.92 Å². The lowest BCUT2D eigenvalue weighted by Crippen LogP contribution is -2.30. The summed E-state index contributed by atoms with van der Waals surface area (Å²) in [5, 5.41) is 13.7. The number of aliphatic carboxylic acids is 1. The molecule has 4 nitrogen and oxygen atoms in total. The van der Waals surface area contributed by atoms with E-state index in [1.165, 1.54) is 0 Å². The van der Waals surface area contributed by atoms with Gasteiger partial charge in [0.2, 0.25) is 5.91 Å². The molecule has 0 aromatic heterocycles. The molecule has 0 fully saturated rings. The summed E-state index contributed by atoms with van der Waals surface area (Å²) in [5.74, 6) is -1.72. The first-order chi connectivity index (χ1) is 9.58. The fourth-order valence-corrected chi connectivity index (χ4v) is 2.16. The molecule has 1 atom stereocenters. The Morgan fingerprint density at radius 1 is 1.15 bits per heavy atom. The Bertz CT molecular complexity index is 631. The van der Waals surface area contributed by atoms with Crippen molar-refractivity contribution in [2.45, 2.75) is 19.9 Å². The maximum atomic E-state index is 11.8. The molecule has 2 aromatic carbocycles. The number of hydrogen-bond acceptors (Lipinski definition) is 2. The molecule has 0 saturated heterocycles. The van der Waals surface area contributed by atoms with Crippen molar-refractivity contribution in [3.8, 4) is 0 Å². The van der Waals surface area contributed by atoms with Gasteiger partial charge in [-0.25, -0.2) is 0 Å². The Hall–Kier alpha value is -2.36. The van der Waals surface area contributed by atoms with Crippen LogP contribution in [0, 0.1) is 5.92 Å². The van der Waals surface area contributed by atoms with E-state index in [0.717, 1.165) is 16.3 Å². The second-order valence-electron chi connectivity index (χ2n) is 4.85. The van der Waals surface area contributed by atoms with Crippen molar-refractivity contribution in [2.75, 3.05) is 0 Å². The smallest absolute Gasteiger partial charge is 0.304 e. The quantitative estimate of drug-likeness (QED) is 0.878. The minimum atomic E-state index is -0.960. The van der Waals surface area contributed by atoms with Crippen LogP contribution >= 0.6 is 0 Å². The van der Waals surface area contributed by atoms with E-state index in [0.29, 0.717) is 6.54 Å². The molecule has 0 saturated carbocycles. The van der Waals surface area contributed by atoms with Gasteiger partial charge in [0.05, 0.1) is 6.42 Å². The lowest BCUT2D eigenvalue weighted by Gasteiger charge is -2.11. The van der Waals surface area contributed by atoms with Crippen molar-refractivity contribution in [3.05, 3.63) is 48.0 Å². The summed E-state index contributed by atoms with van der Waals surface area (Å²) < 4.78 is 0. The lowest BCUT2D eigenvalue weighted by atomic mass is 10.0. The zero-order valence-corrected chi connectivity index (χ0v) is 11.3. The zero-order valence-electron chi connectivity index (χ0n) is 11.3. The molecule has 0 bridgehead atoms. The van der Waals surface area contributed by atoms with Crippen LogP contribution in [0.4, 0.5) is 0 Å². The van der Waals surface area contributed by atoms with Crippen LogP contribution in [0.3, 0.4) is 0 Å². The molecule has 2 N–H and O–H groups in total. The highest BCUT2D eigenvalue weighted by Crippen LogP contribution is 2.18. The third kappa shape index (κ3) is 3.35. The van der Waals surface area contributed by atoms with Gasteiger partial charge in [-0.3, -0.25) is 9.59 Å². The Morgan fingerprint density at radius 3 is 2.60 bits per heavy atom. The number of nitrogens with one attached hydrogen (secondary N) is 1. The summed E-state index contributed by atoms with van der Waals surface area (Å²) in [4.78, 5) is 22.4. The molecule has 0 heterocycles. The molecule has 1 amide bonds. The number of carboxylic acid groups (broad SMARTS) is 1. The monoisotopic (exact) mass is 271 g/mol. The fraction of sp³-hybridized carbons (Fsp3) is 0.250. The summed E-state index contributed by atoms with van der Waals surface area (Å²) >= 11 is 0. The van der Waals surface area contributed by atoms with E-state index < -0.39 is 11.9 Å². The largest absolute Gasteiger partial charge is 0.481 e. The molecule has 0 aliphatic carbocycles. The lowest BCUT2D eigenvalue weighted by molar-refractivity contribution is -0.140. The molecule has 104 valence electrons. The molecule has 4 heteroatoms. The molecule has 0 aliphatic rings. The zero-order chi connectivity index (χ0) is 14.5. The normalized spacial score (nSPS) is 12.1. The summed E-state index contributed by atoms with van der Waals surface area (Å²) in [5.41, 5.74) is 1.03. The Morgan fingerprint density at radius 2 is 1.85 bits per heavy atom. The standard InChI is InChI=1S/C16H17NO3/c1-11(9-15(18)19)16(20)17-10-13-7-4-6-12-5-2-3-8-14(12)13/h2-8,11H,9-10H2,1H3,(H,17,20)(H,18,19). The highest BCUT2D eigenvalue weighted by Gasteiger charge is 2.16. The maximum absolute atomic E-state index is 11.8. The first-order valence-electron chi connectivity index (χ1n) is 6.54. The molecular formula is C16H17NO3. The van der Waals surface area contributed by atoms with Crippen molar-refractivity contribution in [1.82, 2.24) is 5.32 Å². The van der Waals surface area contributed by atoms with Crippen LogP contribution in [0.25, 0.3) is 10.8 Å². The van der Waals surface area contributed by atoms with Gasteiger partial charge in [-0.1, -0.05) is 49.4 Å². The van der Waals surface area contributed by atoms with Gasteiger partial charge in [0, 0.05) is 12.5 Å². The van der Waals surface area contributed by atoms with Gasteiger partial charge >= 0.3 is 5.97 Å². The second kappa shape index (κ2) is 6.19. The van der Waals surface area contributed by atoms with E-state index in [-0.39, 0.29) is 12.3 Å². The first-order valence-corrected chi connectivity index (χ1v) is 6.54. The highest BCUT2D eigenvalue weighted by molar-refractivity contribution is 5.87. The van der Waals surface area contributed by atoms with E-state index >= 15 is 0 Å². The van der Waals surface area contributed by atoms with Crippen molar-refractivity contribution >= 4 is 22.6 Å². The van der Waals surface area contributed by atoms with E-state index in [4.69, 9.17) is 5.11 Å². The van der Waals surface area contributed by atoms with Gasteiger partial charge in [0.25, 0.3) is 0 Å². The third-order valence-electron chi connectivity index (χ3n) is 3.26. The van der Waals surface area contributed by atoms with Crippen LogP contribution in [0.1, 0.15) is 18.9 Å². The number of hydrogen-bond donors (Lipinski definition) is 2. The average molecular weight is 271 g/mol. The maximum Gasteiger partial charge on any atom is 0.304 e. The van der Waals surface area contributed by atoms with E-state index in [9.17, 15) is 9.59 Å². The number of carbonyl (C=O) groups is 2. The summed E-state index contributed by atoms with van der Waals surface area (Å²) in [6.45, 7) is 2.02. The van der Waals surface area contributed by atoms with Gasteiger partial charge in [-0.05, 0) is 16.3 Å². The predicted molar refractivity (Wildman–Crippen MR) is 77.2 cm³/mol. The highest BCUT2D eigenvalue weighted by atomic mass is 16.4. The minimum Gasteiger partial charge on any atom is -0.481 e. The predicted octanol–water partition coefficient (Wildman–Crippen LogP) is 2.57. The Labute approximate surface area is 117 Å².